The number of carbonyl (C=O) groups is 3. The highest BCUT2D eigenvalue weighted by Gasteiger charge is 2.52. The highest BCUT2D eigenvalue weighted by molar-refractivity contribution is 7.89. The maximum absolute atomic E-state index is 13.9. The Hall–Kier alpha value is -4.33. The highest BCUT2D eigenvalue weighted by Crippen LogP contribution is 2.40. The number of hydrogen-bond acceptors (Lipinski definition) is 9. The van der Waals surface area contributed by atoms with Crippen LogP contribution >= 0.6 is 0 Å². The van der Waals surface area contributed by atoms with Crippen molar-refractivity contribution >= 4 is 27.9 Å². The van der Waals surface area contributed by atoms with Crippen LogP contribution in [0, 0.1) is 11.7 Å². The van der Waals surface area contributed by atoms with E-state index in [2.05, 4.69) is 0 Å². The number of rotatable bonds is 12. The van der Waals surface area contributed by atoms with Gasteiger partial charge in [0.2, 0.25) is 21.9 Å². The van der Waals surface area contributed by atoms with Gasteiger partial charge >= 0.3 is 17.9 Å². The number of carboxylic acid groups (broad SMARTS) is 1. The third-order valence-corrected chi connectivity index (χ3v) is 8.85. The first kappa shape index (κ1) is 32.6. The molecule has 3 aromatic carbocycles. The van der Waals surface area contributed by atoms with E-state index < -0.39 is 63.5 Å². The van der Waals surface area contributed by atoms with Crippen molar-refractivity contribution in [3.05, 3.63) is 95.8 Å². The Balaban J connectivity index is 1.54. The lowest BCUT2D eigenvalue weighted by molar-refractivity contribution is -0.192. The SMILES string of the molecule is CC(OC(=O)C(C)C)OC(=O)C(N)(Cc1cccc(S(=O)(=O)N2CC(Oc3cccc(F)c3)(c3ccccc3)C2)c1)C(=O)O. The number of esters is 2. The number of halogens is 1. The summed E-state index contributed by atoms with van der Waals surface area (Å²) in [6.45, 7) is 4.21. The number of carboxylic acids is 1. The molecule has 2 atom stereocenters. The van der Waals surface area contributed by atoms with Gasteiger partial charge in [0.1, 0.15) is 11.6 Å². The zero-order chi connectivity index (χ0) is 32.3. The van der Waals surface area contributed by atoms with Crippen molar-refractivity contribution < 1.29 is 46.5 Å². The van der Waals surface area contributed by atoms with E-state index in [9.17, 15) is 32.3 Å². The third kappa shape index (κ3) is 6.90. The molecule has 0 spiro atoms. The maximum atomic E-state index is 13.9. The second-order valence-electron chi connectivity index (χ2n) is 10.9. The molecule has 0 bridgehead atoms. The van der Waals surface area contributed by atoms with Crippen LogP contribution in [0.25, 0.3) is 0 Å². The van der Waals surface area contributed by atoms with E-state index in [1.165, 1.54) is 53.7 Å². The molecule has 4 rings (SSSR count). The van der Waals surface area contributed by atoms with Crippen LogP contribution in [-0.2, 0) is 45.9 Å². The molecule has 0 aliphatic carbocycles. The lowest BCUT2D eigenvalue weighted by Gasteiger charge is -2.48. The summed E-state index contributed by atoms with van der Waals surface area (Å²) < 4.78 is 58.5. The molecule has 3 aromatic rings. The van der Waals surface area contributed by atoms with Gasteiger partial charge in [-0.05, 0) is 35.4 Å². The molecule has 1 aliphatic rings. The first-order valence-electron chi connectivity index (χ1n) is 13.7. The first-order chi connectivity index (χ1) is 20.7. The molecule has 11 nitrogen and oxygen atoms in total. The van der Waals surface area contributed by atoms with Crippen LogP contribution in [0.3, 0.4) is 0 Å². The Morgan fingerprint density at radius 3 is 2.25 bits per heavy atom. The number of carbonyl (C=O) groups excluding carboxylic acids is 2. The average Bonchev–Trinajstić information content (AvgIpc) is 2.95. The average molecular weight is 629 g/mol. The van der Waals surface area contributed by atoms with E-state index in [0.717, 1.165) is 0 Å². The van der Waals surface area contributed by atoms with Gasteiger partial charge in [-0.3, -0.25) is 4.79 Å². The van der Waals surface area contributed by atoms with E-state index in [1.807, 2.05) is 0 Å². The van der Waals surface area contributed by atoms with Crippen molar-refractivity contribution in [1.82, 2.24) is 4.31 Å². The van der Waals surface area contributed by atoms with Gasteiger partial charge in [0.15, 0.2) is 5.60 Å². The maximum Gasteiger partial charge on any atom is 0.341 e. The second-order valence-corrected chi connectivity index (χ2v) is 12.8. The Kier molecular flexibility index (Phi) is 9.42. The van der Waals surface area contributed by atoms with Gasteiger partial charge in [-0.15, -0.1) is 0 Å². The Bertz CT molecular complexity index is 1640. The molecule has 0 aromatic heterocycles. The summed E-state index contributed by atoms with van der Waals surface area (Å²) in [5.41, 5.74) is 3.11. The Labute approximate surface area is 254 Å². The van der Waals surface area contributed by atoms with Crippen LogP contribution in [0.5, 0.6) is 5.75 Å². The molecule has 1 fully saturated rings. The minimum atomic E-state index is -4.12. The summed E-state index contributed by atoms with van der Waals surface area (Å²) >= 11 is 0. The first-order valence-corrected chi connectivity index (χ1v) is 15.1. The molecule has 0 radical (unpaired) electrons. The van der Waals surface area contributed by atoms with Crippen LogP contribution in [0.2, 0.25) is 0 Å². The predicted molar refractivity (Wildman–Crippen MR) is 155 cm³/mol. The van der Waals surface area contributed by atoms with E-state index in [1.54, 1.807) is 50.2 Å². The summed E-state index contributed by atoms with van der Waals surface area (Å²) in [7, 11) is -4.12. The van der Waals surface area contributed by atoms with Crippen LogP contribution < -0.4 is 10.5 Å². The monoisotopic (exact) mass is 628 g/mol. The molecular weight excluding hydrogens is 595 g/mol. The van der Waals surface area contributed by atoms with E-state index in [4.69, 9.17) is 19.9 Å². The number of ether oxygens (including phenoxy) is 3. The number of aliphatic carboxylic acids is 1. The van der Waals surface area contributed by atoms with E-state index in [0.29, 0.717) is 5.56 Å². The van der Waals surface area contributed by atoms with Gasteiger partial charge in [-0.2, -0.15) is 4.31 Å². The Morgan fingerprint density at radius 2 is 1.64 bits per heavy atom. The predicted octanol–water partition coefficient (Wildman–Crippen LogP) is 3.22. The van der Waals surface area contributed by atoms with Crippen molar-refractivity contribution in [2.75, 3.05) is 13.1 Å². The molecule has 0 saturated carbocycles. The molecule has 0 amide bonds. The fourth-order valence-electron chi connectivity index (χ4n) is 4.60. The number of nitrogens with two attached hydrogens (primary N) is 1. The van der Waals surface area contributed by atoms with Gasteiger partial charge in [-0.25, -0.2) is 22.4 Å². The fourth-order valence-corrected chi connectivity index (χ4v) is 6.21. The number of sulfonamides is 1. The van der Waals surface area contributed by atoms with Crippen molar-refractivity contribution in [1.29, 1.82) is 0 Å². The van der Waals surface area contributed by atoms with Crippen molar-refractivity contribution in [2.45, 2.75) is 49.5 Å². The smallest absolute Gasteiger partial charge is 0.341 e. The standard InChI is InChI=1S/C31H33FN2O9S/c1-20(2)27(35)41-21(3)42-29(38)31(33,28(36)37)17-22-9-7-14-26(15-22)44(39,40)34-18-30(19-34,23-10-5-4-6-11-23)43-25-13-8-12-24(32)16-25/h4-16,20-21H,17-19,33H2,1-3H3,(H,36,37). The van der Waals surface area contributed by atoms with Crippen LogP contribution in [0.4, 0.5) is 4.39 Å². The minimum Gasteiger partial charge on any atom is -0.480 e. The van der Waals surface area contributed by atoms with Gasteiger partial charge in [0, 0.05) is 19.4 Å². The van der Waals surface area contributed by atoms with Crippen molar-refractivity contribution in [3.8, 4) is 5.75 Å². The quantitative estimate of drug-likeness (QED) is 0.173. The topological polar surface area (TPSA) is 163 Å². The highest BCUT2D eigenvalue weighted by atomic mass is 32.2. The summed E-state index contributed by atoms with van der Waals surface area (Å²) in [5.74, 6) is -4.53. The lowest BCUT2D eigenvalue weighted by atomic mass is 9.87. The molecule has 13 heteroatoms. The van der Waals surface area contributed by atoms with E-state index >= 15 is 0 Å². The molecule has 2 unspecified atom stereocenters. The third-order valence-electron chi connectivity index (χ3n) is 7.06. The zero-order valence-corrected chi connectivity index (χ0v) is 25.1. The summed E-state index contributed by atoms with van der Waals surface area (Å²) in [6, 6.07) is 19.9. The molecule has 1 saturated heterocycles. The van der Waals surface area contributed by atoms with Gasteiger partial charge in [-0.1, -0.05) is 62.4 Å². The fraction of sp³-hybridized carbons (Fsp3) is 0.323. The van der Waals surface area contributed by atoms with Crippen LogP contribution in [0.15, 0.2) is 83.8 Å². The Morgan fingerprint density at radius 1 is 0.977 bits per heavy atom. The minimum absolute atomic E-state index is 0.0879. The van der Waals surface area contributed by atoms with E-state index in [-0.39, 0.29) is 29.3 Å². The molecule has 1 aliphatic heterocycles. The summed E-state index contributed by atoms with van der Waals surface area (Å²) in [5, 5.41) is 9.82. The number of benzene rings is 3. The van der Waals surface area contributed by atoms with Gasteiger partial charge in [0.05, 0.1) is 23.9 Å². The van der Waals surface area contributed by atoms with Crippen molar-refractivity contribution in [2.24, 2.45) is 11.7 Å². The number of nitrogens with zero attached hydrogens (tertiary/aromatic N) is 1. The second kappa shape index (κ2) is 12.7. The zero-order valence-electron chi connectivity index (χ0n) is 24.3. The summed E-state index contributed by atoms with van der Waals surface area (Å²) in [6.07, 6.45) is -2.02. The normalized spacial score (nSPS) is 16.7. The van der Waals surface area contributed by atoms with Crippen molar-refractivity contribution in [3.63, 3.8) is 0 Å². The van der Waals surface area contributed by atoms with Gasteiger partial charge in [0.25, 0.3) is 0 Å². The molecule has 1 heterocycles. The molecule has 3 N–H and O–H groups in total. The largest absolute Gasteiger partial charge is 0.480 e. The molecular formula is C31H33FN2O9S. The van der Waals surface area contributed by atoms with Crippen LogP contribution in [0.1, 0.15) is 31.9 Å². The summed E-state index contributed by atoms with van der Waals surface area (Å²) in [4.78, 5) is 36.6. The molecule has 234 valence electrons. The van der Waals surface area contributed by atoms with Gasteiger partial charge < -0.3 is 25.1 Å². The lowest BCUT2D eigenvalue weighted by Crippen LogP contribution is -2.64. The van der Waals surface area contributed by atoms with Crippen LogP contribution in [-0.4, -0.2) is 60.7 Å². The number of hydrogen-bond donors (Lipinski definition) is 2. The molecule has 44 heavy (non-hydrogen) atoms.